The van der Waals surface area contributed by atoms with E-state index >= 15 is 0 Å². The first-order chi connectivity index (χ1) is 9.56. The molecule has 1 aliphatic rings. The minimum absolute atomic E-state index is 0.0667. The lowest BCUT2D eigenvalue weighted by Crippen LogP contribution is -2.44. The molecular weight excluding hydrogens is 326 g/mol. The van der Waals surface area contributed by atoms with Gasteiger partial charge in [0.05, 0.1) is 5.92 Å². The molecule has 0 aliphatic carbocycles. The van der Waals surface area contributed by atoms with Gasteiger partial charge in [-0.15, -0.1) is 0 Å². The molecule has 0 unspecified atom stereocenters. The second-order valence-corrected chi connectivity index (χ2v) is 5.68. The molecule has 0 radical (unpaired) electrons. The number of aliphatic carboxylic acids is 1. The number of hydrogen-bond acceptors (Lipinski definition) is 3. The van der Waals surface area contributed by atoms with Crippen LogP contribution in [-0.2, 0) is 9.59 Å². The highest BCUT2D eigenvalue weighted by Gasteiger charge is 2.28. The van der Waals surface area contributed by atoms with Crippen LogP contribution in [0.1, 0.15) is 12.8 Å². The molecule has 1 amide bonds. The van der Waals surface area contributed by atoms with Gasteiger partial charge in [-0.2, -0.15) is 0 Å². The summed E-state index contributed by atoms with van der Waals surface area (Å²) >= 11 is 3.33. The van der Waals surface area contributed by atoms with Gasteiger partial charge in [-0.25, -0.2) is 0 Å². The Morgan fingerprint density at radius 1 is 1.45 bits per heavy atom. The maximum Gasteiger partial charge on any atom is 0.308 e. The monoisotopic (exact) mass is 341 g/mol. The Hall–Kier alpha value is -1.56. The summed E-state index contributed by atoms with van der Waals surface area (Å²) in [5.41, 5.74) is 0. The highest BCUT2D eigenvalue weighted by atomic mass is 79.9. The van der Waals surface area contributed by atoms with Crippen LogP contribution in [0, 0.1) is 5.92 Å². The van der Waals surface area contributed by atoms with Crippen LogP contribution in [0.25, 0.3) is 0 Å². The Morgan fingerprint density at radius 2 is 2.25 bits per heavy atom. The number of amides is 1. The second-order valence-electron chi connectivity index (χ2n) is 4.76. The van der Waals surface area contributed by atoms with Gasteiger partial charge >= 0.3 is 5.97 Å². The van der Waals surface area contributed by atoms with E-state index in [0.29, 0.717) is 18.7 Å². The predicted molar refractivity (Wildman–Crippen MR) is 76.6 cm³/mol. The van der Waals surface area contributed by atoms with Crippen LogP contribution >= 0.6 is 15.9 Å². The number of likely N-dealkylation sites (tertiary alicyclic amines) is 1. The molecule has 6 heteroatoms. The molecule has 1 atom stereocenters. The third kappa shape index (κ3) is 3.96. The topological polar surface area (TPSA) is 66.8 Å². The first-order valence-corrected chi connectivity index (χ1v) is 7.24. The SMILES string of the molecule is O=C(O)[C@H]1CCCN(C(=O)COc2cccc(Br)c2)C1. The molecule has 1 heterocycles. The number of carbonyl (C=O) groups excluding carboxylic acids is 1. The van der Waals surface area contributed by atoms with E-state index in [2.05, 4.69) is 15.9 Å². The zero-order valence-electron chi connectivity index (χ0n) is 10.9. The normalized spacial score (nSPS) is 18.6. The molecule has 0 bridgehead atoms. The van der Waals surface area contributed by atoms with E-state index in [1.807, 2.05) is 12.1 Å². The lowest BCUT2D eigenvalue weighted by Gasteiger charge is -2.30. The van der Waals surface area contributed by atoms with Crippen molar-refractivity contribution >= 4 is 27.8 Å². The van der Waals surface area contributed by atoms with Gasteiger partial charge in [0.25, 0.3) is 5.91 Å². The Morgan fingerprint density at radius 3 is 2.95 bits per heavy atom. The van der Waals surface area contributed by atoms with Crippen molar-refractivity contribution in [3.63, 3.8) is 0 Å². The van der Waals surface area contributed by atoms with Gasteiger partial charge in [0.15, 0.2) is 6.61 Å². The Bertz CT molecular complexity index is 506. The molecule has 1 aliphatic heterocycles. The fraction of sp³-hybridized carbons (Fsp3) is 0.429. The molecule has 0 spiro atoms. The fourth-order valence-electron chi connectivity index (χ4n) is 2.20. The van der Waals surface area contributed by atoms with Gasteiger partial charge in [-0.05, 0) is 31.0 Å². The summed E-state index contributed by atoms with van der Waals surface area (Å²) in [5, 5.41) is 9.00. The third-order valence-corrected chi connectivity index (χ3v) is 3.77. The maximum absolute atomic E-state index is 12.0. The van der Waals surface area contributed by atoms with Crippen molar-refractivity contribution in [1.29, 1.82) is 0 Å². The first-order valence-electron chi connectivity index (χ1n) is 6.45. The van der Waals surface area contributed by atoms with Crippen LogP contribution in [0.3, 0.4) is 0 Å². The van der Waals surface area contributed by atoms with Crippen LogP contribution in [0.15, 0.2) is 28.7 Å². The molecule has 1 N–H and O–H groups in total. The molecule has 20 heavy (non-hydrogen) atoms. The lowest BCUT2D eigenvalue weighted by molar-refractivity contribution is -0.146. The number of piperidine rings is 1. The minimum Gasteiger partial charge on any atom is -0.484 e. The van der Waals surface area contributed by atoms with E-state index < -0.39 is 11.9 Å². The number of carbonyl (C=O) groups is 2. The van der Waals surface area contributed by atoms with Crippen molar-refractivity contribution in [2.75, 3.05) is 19.7 Å². The first kappa shape index (κ1) is 14.8. The molecule has 0 aromatic heterocycles. The average molecular weight is 342 g/mol. The standard InChI is InChI=1S/C14H16BrNO4/c15-11-4-1-5-12(7-11)20-9-13(17)16-6-2-3-10(8-16)14(18)19/h1,4-5,7,10H,2-3,6,8-9H2,(H,18,19)/t10-/m0/s1. The largest absolute Gasteiger partial charge is 0.484 e. The highest BCUT2D eigenvalue weighted by molar-refractivity contribution is 9.10. The minimum atomic E-state index is -0.838. The zero-order chi connectivity index (χ0) is 14.5. The summed E-state index contributed by atoms with van der Waals surface area (Å²) < 4.78 is 6.31. The number of rotatable bonds is 4. The number of hydrogen-bond donors (Lipinski definition) is 1. The fourth-order valence-corrected chi connectivity index (χ4v) is 2.58. The quantitative estimate of drug-likeness (QED) is 0.911. The molecule has 1 aromatic rings. The summed E-state index contributed by atoms with van der Waals surface area (Å²) in [6.45, 7) is 0.809. The zero-order valence-corrected chi connectivity index (χ0v) is 12.5. The van der Waals surface area contributed by atoms with Gasteiger partial charge in [0.2, 0.25) is 0 Å². The third-order valence-electron chi connectivity index (χ3n) is 3.28. The summed E-state index contributed by atoms with van der Waals surface area (Å²) in [5.74, 6) is -0.857. The van der Waals surface area contributed by atoms with E-state index in [9.17, 15) is 9.59 Å². The van der Waals surface area contributed by atoms with Crippen LogP contribution < -0.4 is 4.74 Å². The van der Waals surface area contributed by atoms with Crippen LogP contribution in [-0.4, -0.2) is 41.6 Å². The Balaban J connectivity index is 1.87. The van der Waals surface area contributed by atoms with Crippen molar-refractivity contribution in [3.8, 4) is 5.75 Å². The second kappa shape index (κ2) is 6.74. The molecule has 1 saturated heterocycles. The number of ether oxygens (including phenoxy) is 1. The Labute approximate surface area is 125 Å². The van der Waals surface area contributed by atoms with Crippen molar-refractivity contribution in [2.45, 2.75) is 12.8 Å². The van der Waals surface area contributed by atoms with E-state index in [1.165, 1.54) is 0 Å². The summed E-state index contributed by atoms with van der Waals surface area (Å²) in [6.07, 6.45) is 1.35. The van der Waals surface area contributed by atoms with Crippen molar-refractivity contribution in [1.82, 2.24) is 4.90 Å². The number of benzene rings is 1. The van der Waals surface area contributed by atoms with E-state index in [-0.39, 0.29) is 19.1 Å². The van der Waals surface area contributed by atoms with E-state index in [4.69, 9.17) is 9.84 Å². The van der Waals surface area contributed by atoms with E-state index in [0.717, 1.165) is 10.9 Å². The van der Waals surface area contributed by atoms with Crippen LogP contribution in [0.4, 0.5) is 0 Å². The smallest absolute Gasteiger partial charge is 0.308 e. The summed E-state index contributed by atoms with van der Waals surface area (Å²) in [6, 6.07) is 7.25. The van der Waals surface area contributed by atoms with Crippen molar-refractivity contribution in [2.24, 2.45) is 5.92 Å². The van der Waals surface area contributed by atoms with Gasteiger partial charge < -0.3 is 14.7 Å². The van der Waals surface area contributed by atoms with Gasteiger partial charge in [-0.1, -0.05) is 22.0 Å². The van der Waals surface area contributed by atoms with E-state index in [1.54, 1.807) is 17.0 Å². The molecular formula is C14H16BrNO4. The molecule has 0 saturated carbocycles. The number of halogens is 1. The lowest BCUT2D eigenvalue weighted by atomic mass is 9.98. The molecule has 1 fully saturated rings. The molecule has 108 valence electrons. The summed E-state index contributed by atoms with van der Waals surface area (Å²) in [7, 11) is 0. The number of carboxylic acid groups (broad SMARTS) is 1. The van der Waals surface area contributed by atoms with Crippen LogP contribution in [0.5, 0.6) is 5.75 Å². The summed E-state index contributed by atoms with van der Waals surface area (Å²) in [4.78, 5) is 24.6. The predicted octanol–water partition coefficient (Wildman–Crippen LogP) is 2.15. The maximum atomic E-state index is 12.0. The number of carboxylic acids is 1. The Kier molecular flexibility index (Phi) is 5.00. The van der Waals surface area contributed by atoms with Crippen LogP contribution in [0.2, 0.25) is 0 Å². The average Bonchev–Trinajstić information content (AvgIpc) is 2.45. The number of nitrogens with zero attached hydrogens (tertiary/aromatic N) is 1. The van der Waals surface area contributed by atoms with Gasteiger partial charge in [0.1, 0.15) is 5.75 Å². The van der Waals surface area contributed by atoms with Crippen molar-refractivity contribution in [3.05, 3.63) is 28.7 Å². The van der Waals surface area contributed by atoms with Crippen molar-refractivity contribution < 1.29 is 19.4 Å². The molecule has 1 aromatic carbocycles. The van der Waals surface area contributed by atoms with Gasteiger partial charge in [0, 0.05) is 17.6 Å². The molecule has 2 rings (SSSR count). The highest BCUT2D eigenvalue weighted by Crippen LogP contribution is 2.19. The molecule has 5 nitrogen and oxygen atoms in total. The van der Waals surface area contributed by atoms with Gasteiger partial charge in [-0.3, -0.25) is 9.59 Å².